The van der Waals surface area contributed by atoms with Crippen LogP contribution in [0.2, 0.25) is 0 Å². The van der Waals surface area contributed by atoms with Crippen LogP contribution in [0.4, 0.5) is 10.5 Å². The Morgan fingerprint density at radius 2 is 2.25 bits per heavy atom. The van der Waals surface area contributed by atoms with Crippen molar-refractivity contribution >= 4 is 11.7 Å². The molecule has 1 aliphatic heterocycles. The van der Waals surface area contributed by atoms with Gasteiger partial charge in [0.1, 0.15) is 12.7 Å². The standard InChI is InChI=1S/C19H21N7O2/c27-19(24-16-5-6-18(22-10-16)26-14-21-13-23-26)25(12-17-4-2-8-28-17)11-15-3-1-7-20-9-15/h1,3,5-7,9-10,13-14,17H,2,4,8,11-12H2,(H,24,27). The summed E-state index contributed by atoms with van der Waals surface area (Å²) in [5.74, 6) is 0.627. The zero-order valence-corrected chi connectivity index (χ0v) is 15.3. The summed E-state index contributed by atoms with van der Waals surface area (Å²) in [6.45, 7) is 1.75. The summed E-state index contributed by atoms with van der Waals surface area (Å²) in [6.07, 6.45) is 10.2. The summed E-state index contributed by atoms with van der Waals surface area (Å²) >= 11 is 0. The second kappa shape index (κ2) is 8.57. The van der Waals surface area contributed by atoms with E-state index in [1.54, 1.807) is 46.6 Å². The summed E-state index contributed by atoms with van der Waals surface area (Å²) in [5, 5.41) is 6.95. The third-order valence-electron chi connectivity index (χ3n) is 4.48. The molecule has 1 saturated heterocycles. The van der Waals surface area contributed by atoms with Crippen molar-refractivity contribution in [3.63, 3.8) is 0 Å². The van der Waals surface area contributed by atoms with Gasteiger partial charge in [-0.15, -0.1) is 0 Å². The van der Waals surface area contributed by atoms with Gasteiger partial charge in [0.25, 0.3) is 0 Å². The van der Waals surface area contributed by atoms with Crippen molar-refractivity contribution in [3.8, 4) is 5.82 Å². The number of hydrogen-bond acceptors (Lipinski definition) is 6. The zero-order chi connectivity index (χ0) is 19.2. The number of rotatable bonds is 6. The molecule has 4 rings (SSSR count). The van der Waals surface area contributed by atoms with Crippen LogP contribution in [-0.4, -0.2) is 54.9 Å². The van der Waals surface area contributed by atoms with Gasteiger partial charge in [-0.1, -0.05) is 6.07 Å². The number of amides is 2. The highest BCUT2D eigenvalue weighted by Gasteiger charge is 2.23. The molecule has 1 fully saturated rings. The lowest BCUT2D eigenvalue weighted by Crippen LogP contribution is -2.39. The minimum atomic E-state index is -0.199. The van der Waals surface area contributed by atoms with E-state index in [1.165, 1.54) is 6.33 Å². The minimum Gasteiger partial charge on any atom is -0.376 e. The summed E-state index contributed by atoms with van der Waals surface area (Å²) in [6, 6.07) is 7.18. The second-order valence-corrected chi connectivity index (χ2v) is 6.55. The van der Waals surface area contributed by atoms with E-state index in [9.17, 15) is 4.79 Å². The first kappa shape index (κ1) is 18.1. The van der Waals surface area contributed by atoms with Gasteiger partial charge in [0.2, 0.25) is 0 Å². The molecule has 1 aliphatic rings. The Morgan fingerprint density at radius 3 is 2.93 bits per heavy atom. The van der Waals surface area contributed by atoms with E-state index >= 15 is 0 Å². The van der Waals surface area contributed by atoms with Crippen molar-refractivity contribution in [1.82, 2.24) is 29.6 Å². The summed E-state index contributed by atoms with van der Waals surface area (Å²) < 4.78 is 7.27. The molecule has 28 heavy (non-hydrogen) atoms. The molecule has 4 heterocycles. The van der Waals surface area contributed by atoms with Crippen LogP contribution < -0.4 is 5.32 Å². The Hall–Kier alpha value is -3.33. The molecule has 1 atom stereocenters. The molecule has 3 aromatic rings. The third kappa shape index (κ3) is 4.49. The number of aromatic nitrogens is 5. The average Bonchev–Trinajstić information content (AvgIpc) is 3.43. The lowest BCUT2D eigenvalue weighted by atomic mass is 10.2. The van der Waals surface area contributed by atoms with Gasteiger partial charge in [0.05, 0.1) is 18.0 Å². The molecule has 0 bridgehead atoms. The molecule has 0 aromatic carbocycles. The van der Waals surface area contributed by atoms with E-state index in [2.05, 4.69) is 25.4 Å². The predicted octanol–water partition coefficient (Wildman–Crippen LogP) is 2.27. The highest BCUT2D eigenvalue weighted by atomic mass is 16.5. The van der Waals surface area contributed by atoms with Crippen LogP contribution in [0.15, 0.2) is 55.5 Å². The van der Waals surface area contributed by atoms with E-state index in [0.29, 0.717) is 24.6 Å². The molecule has 9 nitrogen and oxygen atoms in total. The smallest absolute Gasteiger partial charge is 0.322 e. The monoisotopic (exact) mass is 379 g/mol. The van der Waals surface area contributed by atoms with E-state index < -0.39 is 0 Å². The number of carbonyl (C=O) groups excluding carboxylic acids is 1. The highest BCUT2D eigenvalue weighted by Crippen LogP contribution is 2.17. The molecule has 2 amide bonds. The van der Waals surface area contributed by atoms with Crippen molar-refractivity contribution in [2.45, 2.75) is 25.5 Å². The lowest BCUT2D eigenvalue weighted by molar-refractivity contribution is 0.0819. The molecule has 0 saturated carbocycles. The van der Waals surface area contributed by atoms with E-state index in [4.69, 9.17) is 4.74 Å². The van der Waals surface area contributed by atoms with Crippen LogP contribution in [0.25, 0.3) is 5.82 Å². The van der Waals surface area contributed by atoms with Crippen molar-refractivity contribution in [3.05, 3.63) is 61.1 Å². The maximum absolute atomic E-state index is 12.9. The number of anilines is 1. The Bertz CT molecular complexity index is 878. The van der Waals surface area contributed by atoms with Crippen molar-refractivity contribution in [1.29, 1.82) is 0 Å². The second-order valence-electron chi connectivity index (χ2n) is 6.55. The van der Waals surface area contributed by atoms with Gasteiger partial charge in [0, 0.05) is 32.1 Å². The van der Waals surface area contributed by atoms with Crippen molar-refractivity contribution in [2.24, 2.45) is 0 Å². The molecule has 0 spiro atoms. The van der Waals surface area contributed by atoms with E-state index in [-0.39, 0.29) is 12.1 Å². The van der Waals surface area contributed by atoms with E-state index in [1.807, 2.05) is 12.1 Å². The van der Waals surface area contributed by atoms with Gasteiger partial charge < -0.3 is 15.0 Å². The Labute approximate surface area is 162 Å². The number of hydrogen-bond donors (Lipinski definition) is 1. The predicted molar refractivity (Wildman–Crippen MR) is 102 cm³/mol. The number of ether oxygens (including phenoxy) is 1. The van der Waals surface area contributed by atoms with Gasteiger partial charge in [0.15, 0.2) is 5.82 Å². The van der Waals surface area contributed by atoms with E-state index in [0.717, 1.165) is 25.0 Å². The number of nitrogens with one attached hydrogen (secondary N) is 1. The molecular weight excluding hydrogens is 358 g/mol. The topological polar surface area (TPSA) is 98.1 Å². The first-order valence-corrected chi connectivity index (χ1v) is 9.15. The maximum atomic E-state index is 12.9. The van der Waals surface area contributed by atoms with Crippen LogP contribution in [0.3, 0.4) is 0 Å². The van der Waals surface area contributed by atoms with Crippen LogP contribution in [0.5, 0.6) is 0 Å². The Morgan fingerprint density at radius 1 is 1.29 bits per heavy atom. The largest absolute Gasteiger partial charge is 0.376 e. The molecule has 3 aromatic heterocycles. The highest BCUT2D eigenvalue weighted by molar-refractivity contribution is 5.89. The normalized spacial score (nSPS) is 16.1. The first-order chi connectivity index (χ1) is 13.8. The Balaban J connectivity index is 1.44. The fourth-order valence-corrected chi connectivity index (χ4v) is 3.09. The molecule has 144 valence electrons. The van der Waals surface area contributed by atoms with Gasteiger partial charge in [-0.3, -0.25) is 4.98 Å². The Kier molecular flexibility index (Phi) is 5.53. The summed E-state index contributed by atoms with van der Waals surface area (Å²) in [4.78, 5) is 27.0. The van der Waals surface area contributed by atoms with Crippen molar-refractivity contribution < 1.29 is 9.53 Å². The van der Waals surface area contributed by atoms with Gasteiger partial charge in [-0.25, -0.2) is 19.4 Å². The molecular formula is C19H21N7O2. The number of urea groups is 1. The molecule has 1 unspecified atom stereocenters. The zero-order valence-electron chi connectivity index (χ0n) is 15.3. The average molecular weight is 379 g/mol. The molecule has 9 heteroatoms. The number of pyridine rings is 2. The summed E-state index contributed by atoms with van der Waals surface area (Å²) in [7, 11) is 0. The fraction of sp³-hybridized carbons (Fsp3) is 0.316. The minimum absolute atomic E-state index is 0.0650. The number of nitrogens with zero attached hydrogens (tertiary/aromatic N) is 6. The van der Waals surface area contributed by atoms with Crippen LogP contribution in [0.1, 0.15) is 18.4 Å². The quantitative estimate of drug-likeness (QED) is 0.705. The van der Waals surface area contributed by atoms with Crippen molar-refractivity contribution in [2.75, 3.05) is 18.5 Å². The van der Waals surface area contributed by atoms with Gasteiger partial charge in [-0.05, 0) is 36.6 Å². The van der Waals surface area contributed by atoms with Crippen LogP contribution in [0, 0.1) is 0 Å². The van der Waals surface area contributed by atoms with Crippen LogP contribution in [-0.2, 0) is 11.3 Å². The number of carbonyl (C=O) groups is 1. The maximum Gasteiger partial charge on any atom is 0.322 e. The van der Waals surface area contributed by atoms with Gasteiger partial charge in [-0.2, -0.15) is 5.10 Å². The molecule has 0 radical (unpaired) electrons. The van der Waals surface area contributed by atoms with Gasteiger partial charge >= 0.3 is 6.03 Å². The SMILES string of the molecule is O=C(Nc1ccc(-n2cncn2)nc1)N(Cc1cccnc1)CC1CCCO1. The lowest BCUT2D eigenvalue weighted by Gasteiger charge is -2.25. The third-order valence-corrected chi connectivity index (χ3v) is 4.48. The molecule has 0 aliphatic carbocycles. The fourth-order valence-electron chi connectivity index (χ4n) is 3.09. The first-order valence-electron chi connectivity index (χ1n) is 9.15. The van der Waals surface area contributed by atoms with Crippen LogP contribution >= 0.6 is 0 Å². The molecule has 1 N–H and O–H groups in total. The summed E-state index contributed by atoms with van der Waals surface area (Å²) in [5.41, 5.74) is 1.58.